The Morgan fingerprint density at radius 3 is 2.04 bits per heavy atom. The Bertz CT molecular complexity index is 2350. The van der Waals surface area contributed by atoms with E-state index in [1.54, 1.807) is 60.0 Å². The van der Waals surface area contributed by atoms with Crippen LogP contribution in [0.3, 0.4) is 0 Å². The van der Waals surface area contributed by atoms with Crippen molar-refractivity contribution >= 4 is 40.8 Å². The average Bonchev–Trinajstić information content (AvgIpc) is 3.41. The zero-order chi connectivity index (χ0) is 41.5. The monoisotopic (exact) mass is 784 g/mol. The van der Waals surface area contributed by atoms with Crippen LogP contribution in [0.25, 0.3) is 28.2 Å². The molecule has 0 saturated carbocycles. The molecule has 0 unspecified atom stereocenters. The van der Waals surface area contributed by atoms with E-state index >= 15 is 0 Å². The van der Waals surface area contributed by atoms with E-state index in [1.165, 1.54) is 4.40 Å². The van der Waals surface area contributed by atoms with Crippen molar-refractivity contribution in [3.05, 3.63) is 118 Å². The van der Waals surface area contributed by atoms with Gasteiger partial charge in [-0.3, -0.25) is 19.2 Å². The number of para-hydroxylation sites is 1. The quantitative estimate of drug-likeness (QED) is 0.0888. The highest BCUT2D eigenvalue weighted by Crippen LogP contribution is 2.34. The van der Waals surface area contributed by atoms with Gasteiger partial charge in [-0.05, 0) is 74.4 Å². The minimum atomic E-state index is -5.08. The number of carboxylic acids is 1. The number of benzene rings is 3. The summed E-state index contributed by atoms with van der Waals surface area (Å²) in [6.07, 6.45) is -8.15. The molecule has 0 aliphatic heterocycles. The maximum absolute atomic E-state index is 14.6. The zero-order valence-corrected chi connectivity index (χ0v) is 29.9. The number of amides is 3. The predicted molar refractivity (Wildman–Crippen MR) is 195 cm³/mol. The minimum Gasteiger partial charge on any atom is -0.475 e. The van der Waals surface area contributed by atoms with Crippen molar-refractivity contribution in [2.45, 2.75) is 46.1 Å². The molecule has 18 heteroatoms. The van der Waals surface area contributed by atoms with Crippen LogP contribution in [-0.4, -0.2) is 55.5 Å². The number of carbonyl (C=O) groups excluding carboxylic acids is 3. The summed E-state index contributed by atoms with van der Waals surface area (Å²) in [6, 6.07) is 17.5. The maximum atomic E-state index is 14.6. The molecule has 5 aromatic rings. The third-order valence-electron chi connectivity index (χ3n) is 8.13. The standard InChI is InChI=1S/C36H33F3N6O4.C2HF3O2/c1-5-27-31(22-12-14-23(15-13-22)33(48)40-7-3)34(49)45-32(26-10-8-9-11-28(26)42-29(46)6-2)21(4)44(35(45)43-27)20-30(47)41-25-18-16-24(17-19-25)36(37,38)39;3-2(4,5)1(6)7/h6,8-19H,2,5,7,20H2,1,3-4H3,(H,40,48)(H,41,47)(H,42,46);(H,6,7). The van der Waals surface area contributed by atoms with Crippen molar-refractivity contribution < 1.29 is 50.6 Å². The van der Waals surface area contributed by atoms with Crippen LogP contribution in [0.2, 0.25) is 0 Å². The zero-order valence-electron chi connectivity index (χ0n) is 29.9. The van der Waals surface area contributed by atoms with E-state index < -0.39 is 41.3 Å². The number of imidazole rings is 1. The molecule has 0 aliphatic carbocycles. The lowest BCUT2D eigenvalue weighted by atomic mass is 10.0. The number of fused-ring (bicyclic) bond motifs is 1. The lowest BCUT2D eigenvalue weighted by molar-refractivity contribution is -0.192. The molecule has 294 valence electrons. The van der Waals surface area contributed by atoms with Gasteiger partial charge in [0.1, 0.15) is 6.54 Å². The summed E-state index contributed by atoms with van der Waals surface area (Å²) in [5.74, 6) is -3.91. The Hall–Kier alpha value is -6.72. The Morgan fingerprint density at radius 2 is 1.50 bits per heavy atom. The summed E-state index contributed by atoms with van der Waals surface area (Å²) in [4.78, 5) is 66.5. The summed E-state index contributed by atoms with van der Waals surface area (Å²) in [7, 11) is 0. The molecule has 0 atom stereocenters. The molecule has 5 rings (SSSR count). The molecule has 0 fully saturated rings. The topological polar surface area (TPSA) is 164 Å². The number of alkyl halides is 6. The molecule has 2 aromatic heterocycles. The molecule has 0 aliphatic rings. The number of carboxylic acid groups (broad SMARTS) is 1. The highest BCUT2D eigenvalue weighted by Gasteiger charge is 2.38. The van der Waals surface area contributed by atoms with Crippen molar-refractivity contribution in [1.82, 2.24) is 19.3 Å². The minimum absolute atomic E-state index is 0.143. The second-order valence-corrected chi connectivity index (χ2v) is 11.8. The van der Waals surface area contributed by atoms with Crippen LogP contribution < -0.4 is 21.5 Å². The van der Waals surface area contributed by atoms with Crippen LogP contribution in [0.15, 0.2) is 90.2 Å². The first kappa shape index (κ1) is 42.0. The molecule has 3 amide bonds. The molecular weight excluding hydrogens is 750 g/mol. The number of carbonyl (C=O) groups is 4. The number of aryl methyl sites for hydroxylation is 1. The van der Waals surface area contributed by atoms with Gasteiger partial charge in [-0.1, -0.05) is 43.8 Å². The SMILES string of the molecule is C=CC(=O)Nc1ccccc1-c1c(C)n(CC(=O)Nc2ccc(C(F)(F)F)cc2)c2nc(CC)c(-c3ccc(C(=O)NCC)cc3)c(=O)n12.O=C(O)C(F)(F)F. The van der Waals surface area contributed by atoms with Crippen LogP contribution in [0, 0.1) is 6.92 Å². The fraction of sp³-hybridized carbons (Fsp3) is 0.211. The third-order valence-corrected chi connectivity index (χ3v) is 8.13. The number of hydrogen-bond acceptors (Lipinski definition) is 6. The van der Waals surface area contributed by atoms with Gasteiger partial charge in [0.25, 0.3) is 11.5 Å². The number of anilines is 2. The molecule has 0 spiro atoms. The fourth-order valence-electron chi connectivity index (χ4n) is 5.55. The van der Waals surface area contributed by atoms with Crippen molar-refractivity contribution in [3.63, 3.8) is 0 Å². The molecule has 2 heterocycles. The van der Waals surface area contributed by atoms with Crippen molar-refractivity contribution in [3.8, 4) is 22.4 Å². The van der Waals surface area contributed by atoms with E-state index in [4.69, 9.17) is 14.9 Å². The van der Waals surface area contributed by atoms with E-state index in [0.717, 1.165) is 30.3 Å². The van der Waals surface area contributed by atoms with E-state index in [1.807, 2.05) is 13.8 Å². The Balaban J connectivity index is 0.000000908. The van der Waals surface area contributed by atoms with Crippen LogP contribution in [0.5, 0.6) is 0 Å². The van der Waals surface area contributed by atoms with Crippen LogP contribution >= 0.6 is 0 Å². The lowest BCUT2D eigenvalue weighted by Crippen LogP contribution is -2.23. The lowest BCUT2D eigenvalue weighted by Gasteiger charge is -2.13. The number of nitrogens with zero attached hydrogens (tertiary/aromatic N) is 3. The maximum Gasteiger partial charge on any atom is 0.490 e. The molecule has 56 heavy (non-hydrogen) atoms. The van der Waals surface area contributed by atoms with Gasteiger partial charge < -0.3 is 25.6 Å². The van der Waals surface area contributed by atoms with E-state index in [-0.39, 0.29) is 23.9 Å². The largest absolute Gasteiger partial charge is 0.490 e. The van der Waals surface area contributed by atoms with Gasteiger partial charge in [0.05, 0.1) is 28.2 Å². The third kappa shape index (κ3) is 9.49. The average molecular weight is 785 g/mol. The van der Waals surface area contributed by atoms with Crippen LogP contribution in [0.4, 0.5) is 37.7 Å². The van der Waals surface area contributed by atoms with E-state index in [0.29, 0.717) is 58.0 Å². The molecule has 0 radical (unpaired) electrons. The number of aromatic nitrogens is 3. The molecule has 4 N–H and O–H groups in total. The van der Waals surface area contributed by atoms with Gasteiger partial charge in [0, 0.05) is 29.1 Å². The van der Waals surface area contributed by atoms with Crippen molar-refractivity contribution in [1.29, 1.82) is 0 Å². The second kappa shape index (κ2) is 17.2. The second-order valence-electron chi connectivity index (χ2n) is 11.8. The Labute approximate surface area is 314 Å². The highest BCUT2D eigenvalue weighted by atomic mass is 19.4. The normalized spacial score (nSPS) is 11.3. The number of halogens is 6. The highest BCUT2D eigenvalue weighted by molar-refractivity contribution is 6.02. The number of nitrogens with one attached hydrogen (secondary N) is 3. The van der Waals surface area contributed by atoms with Crippen molar-refractivity contribution in [2.24, 2.45) is 0 Å². The molecule has 0 saturated heterocycles. The summed E-state index contributed by atoms with van der Waals surface area (Å²) >= 11 is 0. The smallest absolute Gasteiger partial charge is 0.475 e. The van der Waals surface area contributed by atoms with Gasteiger partial charge in [-0.2, -0.15) is 26.3 Å². The van der Waals surface area contributed by atoms with E-state index in [9.17, 15) is 45.5 Å². The first-order valence-electron chi connectivity index (χ1n) is 16.7. The number of aliphatic carboxylic acids is 1. The Kier molecular flexibility index (Phi) is 12.9. The fourth-order valence-corrected chi connectivity index (χ4v) is 5.55. The first-order chi connectivity index (χ1) is 26.3. The van der Waals surface area contributed by atoms with Gasteiger partial charge in [0.2, 0.25) is 17.6 Å². The predicted octanol–water partition coefficient (Wildman–Crippen LogP) is 6.87. The van der Waals surface area contributed by atoms with Crippen molar-refractivity contribution in [2.75, 3.05) is 17.2 Å². The first-order valence-corrected chi connectivity index (χ1v) is 16.7. The molecular formula is C38H34F6N6O6. The summed E-state index contributed by atoms with van der Waals surface area (Å²) in [5, 5.41) is 15.2. The Morgan fingerprint density at radius 1 is 0.893 bits per heavy atom. The molecule has 12 nitrogen and oxygen atoms in total. The van der Waals surface area contributed by atoms with Crippen LogP contribution in [-0.2, 0) is 33.5 Å². The summed E-state index contributed by atoms with van der Waals surface area (Å²) in [6.45, 7) is 8.98. The summed E-state index contributed by atoms with van der Waals surface area (Å²) in [5.41, 5.74) is 2.20. The summed E-state index contributed by atoms with van der Waals surface area (Å²) < 4.78 is 73.9. The molecule has 0 bridgehead atoms. The van der Waals surface area contributed by atoms with Gasteiger partial charge >= 0.3 is 18.3 Å². The number of hydrogen-bond donors (Lipinski definition) is 4. The van der Waals surface area contributed by atoms with Gasteiger partial charge in [0.15, 0.2) is 0 Å². The van der Waals surface area contributed by atoms with E-state index in [2.05, 4.69) is 22.5 Å². The van der Waals surface area contributed by atoms with Gasteiger partial charge in [-0.25, -0.2) is 14.2 Å². The number of rotatable bonds is 10. The van der Waals surface area contributed by atoms with Crippen LogP contribution in [0.1, 0.15) is 41.2 Å². The molecule has 3 aromatic carbocycles. The van der Waals surface area contributed by atoms with Gasteiger partial charge in [-0.15, -0.1) is 0 Å².